The van der Waals surface area contributed by atoms with Gasteiger partial charge in [-0.3, -0.25) is 9.79 Å². The molecule has 1 aliphatic heterocycles. The summed E-state index contributed by atoms with van der Waals surface area (Å²) in [4.78, 5) is 24.7. The summed E-state index contributed by atoms with van der Waals surface area (Å²) in [7, 11) is 5.30. The molecule has 8 nitrogen and oxygen atoms in total. The van der Waals surface area contributed by atoms with Gasteiger partial charge in [-0.25, -0.2) is 9.67 Å². The van der Waals surface area contributed by atoms with Gasteiger partial charge in [-0.15, -0.1) is 5.10 Å². The molecular formula is C30H40N6O2. The molecule has 0 bridgehead atoms. The fraction of sp³-hybridized carbons (Fsp3) is 0.400. The second-order valence-electron chi connectivity index (χ2n) is 9.30. The van der Waals surface area contributed by atoms with Crippen molar-refractivity contribution in [2.45, 2.75) is 34.1 Å². The highest BCUT2D eigenvalue weighted by Crippen LogP contribution is 2.21. The number of benzene rings is 2. The summed E-state index contributed by atoms with van der Waals surface area (Å²) in [5.41, 5.74) is 5.71. The van der Waals surface area contributed by atoms with Crippen molar-refractivity contribution in [3.8, 4) is 5.88 Å². The Labute approximate surface area is 226 Å². The number of nitrogens with zero attached hydrogens (tertiary/aromatic N) is 6. The van der Waals surface area contributed by atoms with E-state index >= 15 is 0 Å². The zero-order valence-corrected chi connectivity index (χ0v) is 23.7. The van der Waals surface area contributed by atoms with Crippen LogP contribution in [-0.2, 0) is 11.8 Å². The van der Waals surface area contributed by atoms with Crippen molar-refractivity contribution in [1.29, 1.82) is 0 Å². The predicted molar refractivity (Wildman–Crippen MR) is 156 cm³/mol. The van der Waals surface area contributed by atoms with Gasteiger partial charge >= 0.3 is 0 Å². The molecule has 1 aliphatic rings. The van der Waals surface area contributed by atoms with Crippen LogP contribution in [0, 0.1) is 13.8 Å². The number of carbonyl (C=O) groups excluding carboxylic acids is 1. The third-order valence-corrected chi connectivity index (χ3v) is 6.74. The summed E-state index contributed by atoms with van der Waals surface area (Å²) in [6, 6.07) is 18.4. The Morgan fingerprint density at radius 2 is 1.66 bits per heavy atom. The summed E-state index contributed by atoms with van der Waals surface area (Å²) in [6.07, 6.45) is 0.583. The molecule has 0 unspecified atom stereocenters. The molecular weight excluding hydrogens is 476 g/mol. The zero-order valence-electron chi connectivity index (χ0n) is 23.7. The van der Waals surface area contributed by atoms with E-state index in [0.29, 0.717) is 12.3 Å². The maximum absolute atomic E-state index is 11.6. The third kappa shape index (κ3) is 7.31. The standard InChI is InChI=1S/C18H20N2.C12H20N4O2/c1-13-10-11-17(12-14(13)2)18(19-4)20-15(3)16-8-6-5-7-9-16;1-4-12(17)16-7-5-15(6-8-16)11-9-10(18-3)13-14(11)2/h5-12H,1-4H3;9H,4-8H2,1-3H3. The largest absolute Gasteiger partial charge is 0.480 e. The number of anilines is 1. The second kappa shape index (κ2) is 13.6. The van der Waals surface area contributed by atoms with Crippen LogP contribution in [0.1, 0.15) is 42.5 Å². The van der Waals surface area contributed by atoms with Crippen LogP contribution in [0.3, 0.4) is 0 Å². The third-order valence-electron chi connectivity index (χ3n) is 6.74. The molecule has 38 heavy (non-hydrogen) atoms. The average molecular weight is 517 g/mol. The smallest absolute Gasteiger partial charge is 0.234 e. The van der Waals surface area contributed by atoms with Crippen LogP contribution in [0.2, 0.25) is 0 Å². The van der Waals surface area contributed by atoms with Gasteiger partial charge in [0.05, 0.1) is 7.11 Å². The van der Waals surface area contributed by atoms with Crippen molar-refractivity contribution in [2.75, 3.05) is 45.2 Å². The van der Waals surface area contributed by atoms with Crippen LogP contribution >= 0.6 is 0 Å². The fourth-order valence-electron chi connectivity index (χ4n) is 4.26. The lowest BCUT2D eigenvalue weighted by Crippen LogP contribution is -2.49. The van der Waals surface area contributed by atoms with Crippen molar-refractivity contribution >= 4 is 23.3 Å². The lowest BCUT2D eigenvalue weighted by atomic mass is 10.1. The number of aromatic nitrogens is 2. The number of piperazine rings is 1. The molecule has 3 aromatic rings. The summed E-state index contributed by atoms with van der Waals surface area (Å²) < 4.78 is 6.94. The van der Waals surface area contributed by atoms with Gasteiger partial charge in [0.25, 0.3) is 0 Å². The van der Waals surface area contributed by atoms with Gasteiger partial charge in [0.1, 0.15) is 5.82 Å². The van der Waals surface area contributed by atoms with Crippen molar-refractivity contribution in [3.05, 3.63) is 76.9 Å². The molecule has 0 radical (unpaired) electrons. The van der Waals surface area contributed by atoms with Crippen LogP contribution in [0.25, 0.3) is 0 Å². The van der Waals surface area contributed by atoms with E-state index in [0.717, 1.165) is 54.7 Å². The van der Waals surface area contributed by atoms with Crippen molar-refractivity contribution in [3.63, 3.8) is 0 Å². The van der Waals surface area contributed by atoms with Gasteiger partial charge in [0, 0.05) is 64.0 Å². The van der Waals surface area contributed by atoms with Gasteiger partial charge in [0.2, 0.25) is 11.8 Å². The molecule has 1 fully saturated rings. The van der Waals surface area contributed by atoms with Crippen LogP contribution in [0.5, 0.6) is 5.88 Å². The Balaban J connectivity index is 0.000000212. The van der Waals surface area contributed by atoms with Gasteiger partial charge in [0.15, 0.2) is 5.84 Å². The van der Waals surface area contributed by atoms with Crippen molar-refractivity contribution in [1.82, 2.24) is 14.7 Å². The van der Waals surface area contributed by atoms with Crippen LogP contribution in [-0.4, -0.2) is 72.5 Å². The van der Waals surface area contributed by atoms with E-state index in [4.69, 9.17) is 4.74 Å². The van der Waals surface area contributed by atoms with Crippen molar-refractivity contribution < 1.29 is 9.53 Å². The number of hydrogen-bond donors (Lipinski definition) is 0. The Bertz CT molecular complexity index is 1270. The minimum absolute atomic E-state index is 0.234. The molecule has 2 aromatic carbocycles. The summed E-state index contributed by atoms with van der Waals surface area (Å²) in [6.45, 7) is 11.4. The molecule has 0 spiro atoms. The first-order valence-corrected chi connectivity index (χ1v) is 13.0. The van der Waals surface area contributed by atoms with Gasteiger partial charge in [-0.1, -0.05) is 49.4 Å². The summed E-state index contributed by atoms with van der Waals surface area (Å²) in [5.74, 6) is 2.67. The first kappa shape index (κ1) is 28.6. The SMILES string of the molecule is CCC(=O)N1CCN(c2cc(OC)nn2C)CC1.CN=C(N=C(C)c1ccccc1)c1ccc(C)c(C)c1. The fourth-order valence-corrected chi connectivity index (χ4v) is 4.26. The highest BCUT2D eigenvalue weighted by molar-refractivity contribution is 6.11. The van der Waals surface area contributed by atoms with Crippen LogP contribution in [0.15, 0.2) is 64.6 Å². The van der Waals surface area contributed by atoms with Gasteiger partial charge < -0.3 is 14.5 Å². The number of rotatable bonds is 5. The number of amides is 1. The number of aliphatic imine (C=N–C) groups is 2. The molecule has 1 aromatic heterocycles. The molecule has 2 heterocycles. The topological polar surface area (TPSA) is 75.3 Å². The first-order valence-electron chi connectivity index (χ1n) is 13.0. The van der Waals surface area contributed by atoms with E-state index in [9.17, 15) is 4.79 Å². The maximum atomic E-state index is 11.6. The average Bonchev–Trinajstić information content (AvgIpc) is 3.34. The summed E-state index contributed by atoms with van der Waals surface area (Å²) in [5, 5.41) is 4.25. The van der Waals surface area contributed by atoms with E-state index < -0.39 is 0 Å². The van der Waals surface area contributed by atoms with Gasteiger partial charge in [-0.2, -0.15) is 0 Å². The number of carbonyl (C=O) groups is 1. The Morgan fingerprint density at radius 3 is 2.21 bits per heavy atom. The zero-order chi connectivity index (χ0) is 27.7. The molecule has 0 atom stereocenters. The minimum Gasteiger partial charge on any atom is -0.480 e. The second-order valence-corrected chi connectivity index (χ2v) is 9.30. The molecule has 202 valence electrons. The monoisotopic (exact) mass is 516 g/mol. The molecule has 0 N–H and O–H groups in total. The van der Waals surface area contributed by atoms with Crippen LogP contribution < -0.4 is 9.64 Å². The molecule has 1 saturated heterocycles. The van der Waals surface area contributed by atoms with E-state index in [1.54, 1.807) is 14.2 Å². The number of amidine groups is 1. The number of hydrogen-bond acceptors (Lipinski definition) is 5. The number of aryl methyl sites for hydroxylation is 3. The summed E-state index contributed by atoms with van der Waals surface area (Å²) >= 11 is 0. The Kier molecular flexibility index (Phi) is 10.2. The quantitative estimate of drug-likeness (QED) is 0.365. The first-order chi connectivity index (χ1) is 18.3. The van der Waals surface area contributed by atoms with E-state index in [2.05, 4.69) is 64.2 Å². The Hall–Kier alpha value is -3.94. The number of methoxy groups -OCH3 is 1. The lowest BCUT2D eigenvalue weighted by Gasteiger charge is -2.35. The molecule has 1 amide bonds. The maximum Gasteiger partial charge on any atom is 0.234 e. The lowest BCUT2D eigenvalue weighted by molar-refractivity contribution is -0.131. The normalized spacial score (nSPS) is 14.2. The number of ether oxygens (including phenoxy) is 1. The van der Waals surface area contributed by atoms with E-state index in [1.165, 1.54) is 11.1 Å². The highest BCUT2D eigenvalue weighted by atomic mass is 16.5. The van der Waals surface area contributed by atoms with E-state index in [-0.39, 0.29) is 5.91 Å². The minimum atomic E-state index is 0.234. The highest BCUT2D eigenvalue weighted by Gasteiger charge is 2.22. The molecule has 0 aliphatic carbocycles. The van der Waals surface area contributed by atoms with Crippen molar-refractivity contribution in [2.24, 2.45) is 17.0 Å². The van der Waals surface area contributed by atoms with E-state index in [1.807, 2.05) is 54.7 Å². The van der Waals surface area contributed by atoms with Crippen LogP contribution in [0.4, 0.5) is 5.82 Å². The molecule has 4 rings (SSSR count). The predicted octanol–water partition coefficient (Wildman–Crippen LogP) is 4.68. The van der Waals surface area contributed by atoms with Gasteiger partial charge in [-0.05, 0) is 43.5 Å². The Morgan fingerprint density at radius 1 is 0.974 bits per heavy atom. The molecule has 8 heteroatoms. The molecule has 0 saturated carbocycles.